The Bertz CT molecular complexity index is 475. The van der Waals surface area contributed by atoms with Crippen molar-refractivity contribution in [2.45, 2.75) is 32.3 Å². The van der Waals surface area contributed by atoms with Crippen LogP contribution in [0.25, 0.3) is 0 Å². The summed E-state index contributed by atoms with van der Waals surface area (Å²) in [5, 5.41) is 9.03. The van der Waals surface area contributed by atoms with E-state index in [1.165, 1.54) is 0 Å². The Hall–Kier alpha value is -1.55. The Balaban J connectivity index is 2.43. The summed E-state index contributed by atoms with van der Waals surface area (Å²) in [6, 6.07) is 3.92. The van der Waals surface area contributed by atoms with Gasteiger partial charge in [-0.1, -0.05) is 0 Å². The van der Waals surface area contributed by atoms with Gasteiger partial charge in [-0.3, -0.25) is 4.79 Å². The summed E-state index contributed by atoms with van der Waals surface area (Å²) >= 11 is 0. The monoisotopic (exact) mass is 250 g/mol. The lowest BCUT2D eigenvalue weighted by molar-refractivity contribution is -0.176. The number of carboxylic acid groups (broad SMARTS) is 1. The smallest absolute Gasteiger partial charge is 0.306 e. The molecule has 2 rings (SSSR count). The van der Waals surface area contributed by atoms with E-state index < -0.39 is 11.6 Å². The van der Waals surface area contributed by atoms with Crippen LogP contribution in [0.2, 0.25) is 0 Å². The minimum absolute atomic E-state index is 0.0135. The molecule has 1 atom stereocenters. The maximum absolute atomic E-state index is 11.0. The lowest BCUT2D eigenvalue weighted by Crippen LogP contribution is -2.43. The number of rotatable bonds is 4. The minimum Gasteiger partial charge on any atom is -0.496 e. The van der Waals surface area contributed by atoms with E-state index in [9.17, 15) is 4.79 Å². The maximum atomic E-state index is 11.0. The molecule has 1 N–H and O–H groups in total. The highest BCUT2D eigenvalue weighted by molar-refractivity contribution is 5.69. The Morgan fingerprint density at radius 1 is 1.44 bits per heavy atom. The molecule has 1 saturated heterocycles. The van der Waals surface area contributed by atoms with Crippen LogP contribution in [-0.4, -0.2) is 24.8 Å². The zero-order chi connectivity index (χ0) is 13.3. The number of aliphatic carboxylic acids is 1. The zero-order valence-electron chi connectivity index (χ0n) is 10.9. The van der Waals surface area contributed by atoms with Crippen LogP contribution in [0.4, 0.5) is 0 Å². The van der Waals surface area contributed by atoms with Gasteiger partial charge in [0, 0.05) is 6.42 Å². The van der Waals surface area contributed by atoms with Crippen LogP contribution in [0.3, 0.4) is 0 Å². The predicted molar refractivity (Wildman–Crippen MR) is 67.0 cm³/mol. The van der Waals surface area contributed by atoms with Gasteiger partial charge < -0.3 is 14.6 Å². The van der Waals surface area contributed by atoms with E-state index in [4.69, 9.17) is 14.6 Å². The van der Waals surface area contributed by atoms with Crippen LogP contribution < -0.4 is 4.74 Å². The van der Waals surface area contributed by atoms with Gasteiger partial charge in [-0.2, -0.15) is 0 Å². The highest BCUT2D eigenvalue weighted by Gasteiger charge is 2.43. The Morgan fingerprint density at radius 3 is 2.56 bits per heavy atom. The van der Waals surface area contributed by atoms with Gasteiger partial charge in [0.1, 0.15) is 11.4 Å². The molecule has 1 aliphatic rings. The van der Waals surface area contributed by atoms with Crippen molar-refractivity contribution in [1.82, 2.24) is 0 Å². The van der Waals surface area contributed by atoms with Gasteiger partial charge in [0.15, 0.2) is 0 Å². The first kappa shape index (κ1) is 12.9. The van der Waals surface area contributed by atoms with Crippen LogP contribution in [0.15, 0.2) is 12.1 Å². The number of carboxylic acids is 1. The molecule has 0 aliphatic carbocycles. The van der Waals surface area contributed by atoms with Gasteiger partial charge in [0.25, 0.3) is 0 Å². The van der Waals surface area contributed by atoms with Crippen molar-refractivity contribution in [1.29, 1.82) is 0 Å². The largest absolute Gasteiger partial charge is 0.496 e. The average Bonchev–Trinajstić information content (AvgIpc) is 2.26. The molecule has 1 unspecified atom stereocenters. The molecule has 0 aromatic heterocycles. The molecule has 0 bridgehead atoms. The fourth-order valence-corrected chi connectivity index (χ4v) is 2.54. The van der Waals surface area contributed by atoms with Crippen molar-refractivity contribution in [3.8, 4) is 5.75 Å². The Morgan fingerprint density at radius 2 is 2.11 bits per heavy atom. The van der Waals surface area contributed by atoms with Crippen molar-refractivity contribution in [3.05, 3.63) is 28.8 Å². The number of ether oxygens (including phenoxy) is 2. The van der Waals surface area contributed by atoms with Crippen molar-refractivity contribution >= 4 is 5.97 Å². The van der Waals surface area contributed by atoms with Gasteiger partial charge in [-0.25, -0.2) is 0 Å². The number of benzene rings is 1. The molecule has 1 aromatic carbocycles. The van der Waals surface area contributed by atoms with Gasteiger partial charge in [0.2, 0.25) is 0 Å². The van der Waals surface area contributed by atoms with Crippen molar-refractivity contribution in [2.24, 2.45) is 0 Å². The fourth-order valence-electron chi connectivity index (χ4n) is 2.54. The summed E-state index contributed by atoms with van der Waals surface area (Å²) in [6.45, 7) is 4.54. The van der Waals surface area contributed by atoms with Crippen molar-refractivity contribution in [3.63, 3.8) is 0 Å². The number of hydrogen-bond donors (Lipinski definition) is 1. The number of hydrogen-bond acceptors (Lipinski definition) is 3. The summed E-state index contributed by atoms with van der Waals surface area (Å²) in [6.07, 6.45) is 0.769. The van der Waals surface area contributed by atoms with E-state index in [1.54, 1.807) is 7.11 Å². The molecule has 0 saturated carbocycles. The van der Waals surface area contributed by atoms with Gasteiger partial charge in [-0.15, -0.1) is 0 Å². The molecular formula is C14H18O4. The van der Waals surface area contributed by atoms with E-state index in [1.807, 2.05) is 26.0 Å². The Kier molecular flexibility index (Phi) is 3.30. The highest BCUT2D eigenvalue weighted by atomic mass is 16.5. The molecule has 0 radical (unpaired) electrons. The molecule has 1 heterocycles. The third-order valence-electron chi connectivity index (χ3n) is 3.55. The van der Waals surface area contributed by atoms with E-state index in [2.05, 4.69) is 0 Å². The minimum atomic E-state index is -0.831. The van der Waals surface area contributed by atoms with Crippen LogP contribution in [-0.2, 0) is 15.1 Å². The third-order valence-corrected chi connectivity index (χ3v) is 3.55. The van der Waals surface area contributed by atoms with Crippen LogP contribution in [0.1, 0.15) is 29.5 Å². The topological polar surface area (TPSA) is 55.8 Å². The lowest BCUT2D eigenvalue weighted by atomic mass is 9.80. The quantitative estimate of drug-likeness (QED) is 0.891. The summed E-state index contributed by atoms with van der Waals surface area (Å²) < 4.78 is 10.9. The molecule has 1 fully saturated rings. The molecular weight excluding hydrogens is 232 g/mol. The molecule has 18 heavy (non-hydrogen) atoms. The molecule has 0 amide bonds. The first-order valence-electron chi connectivity index (χ1n) is 6.00. The first-order chi connectivity index (χ1) is 8.48. The molecule has 1 aromatic rings. The second kappa shape index (κ2) is 4.61. The van der Waals surface area contributed by atoms with Crippen LogP contribution >= 0.6 is 0 Å². The lowest BCUT2D eigenvalue weighted by Gasteiger charge is -2.42. The SMILES string of the molecule is COc1cc(C)c(C2(CC(=O)O)CCO2)cc1C. The predicted octanol–water partition coefficient (Wildman–Crippen LogP) is 2.40. The average molecular weight is 250 g/mol. The summed E-state index contributed by atoms with van der Waals surface area (Å²) in [7, 11) is 1.63. The van der Waals surface area contributed by atoms with E-state index >= 15 is 0 Å². The second-order valence-corrected chi connectivity index (χ2v) is 4.80. The van der Waals surface area contributed by atoms with E-state index in [0.29, 0.717) is 6.61 Å². The zero-order valence-corrected chi connectivity index (χ0v) is 10.9. The highest BCUT2D eigenvalue weighted by Crippen LogP contribution is 2.43. The summed E-state index contributed by atoms with van der Waals surface area (Å²) in [4.78, 5) is 11.0. The van der Waals surface area contributed by atoms with Gasteiger partial charge in [0.05, 0.1) is 20.1 Å². The molecule has 4 heteroatoms. The van der Waals surface area contributed by atoms with Crippen molar-refractivity contribution < 1.29 is 19.4 Å². The normalized spacial score (nSPS) is 22.4. The van der Waals surface area contributed by atoms with E-state index in [0.717, 1.165) is 28.9 Å². The summed E-state index contributed by atoms with van der Waals surface area (Å²) in [5.41, 5.74) is 2.33. The number of carbonyl (C=O) groups is 1. The third kappa shape index (κ3) is 2.08. The maximum Gasteiger partial charge on any atom is 0.306 e. The molecule has 1 aliphatic heterocycles. The summed E-state index contributed by atoms with van der Waals surface area (Å²) in [5.74, 6) is -0.0105. The first-order valence-corrected chi connectivity index (χ1v) is 6.00. The fraction of sp³-hybridized carbons (Fsp3) is 0.500. The van der Waals surface area contributed by atoms with Gasteiger partial charge in [-0.05, 0) is 42.7 Å². The van der Waals surface area contributed by atoms with Crippen LogP contribution in [0.5, 0.6) is 5.75 Å². The van der Waals surface area contributed by atoms with E-state index in [-0.39, 0.29) is 6.42 Å². The van der Waals surface area contributed by atoms with Crippen molar-refractivity contribution in [2.75, 3.05) is 13.7 Å². The number of methoxy groups -OCH3 is 1. The molecule has 98 valence electrons. The molecule has 4 nitrogen and oxygen atoms in total. The molecule has 0 spiro atoms. The standard InChI is InChI=1S/C14H18O4/c1-9-7-12(17-3)10(2)6-11(9)14(4-5-18-14)8-13(15)16/h6-7H,4-5,8H2,1-3H3,(H,15,16). The Labute approximate surface area is 107 Å². The second-order valence-electron chi connectivity index (χ2n) is 4.80. The van der Waals surface area contributed by atoms with Crippen LogP contribution in [0, 0.1) is 13.8 Å². The number of aryl methyl sites for hydroxylation is 2. The van der Waals surface area contributed by atoms with Gasteiger partial charge >= 0.3 is 5.97 Å².